The molecule has 0 unspecified atom stereocenters. The van der Waals surface area contributed by atoms with E-state index >= 15 is 0 Å². The predicted molar refractivity (Wildman–Crippen MR) is 94.1 cm³/mol. The van der Waals surface area contributed by atoms with Crippen molar-refractivity contribution in [2.75, 3.05) is 13.8 Å². The average molecular weight is 373 g/mol. The lowest BCUT2D eigenvalue weighted by Gasteiger charge is -2.51. The van der Waals surface area contributed by atoms with E-state index in [4.69, 9.17) is 21.1 Å². The first-order valence-electron chi connectivity index (χ1n) is 8.43. The average Bonchev–Trinajstić information content (AvgIpc) is 2.45. The monoisotopic (exact) mass is 372 g/mol. The van der Waals surface area contributed by atoms with Gasteiger partial charge in [0, 0.05) is 24.1 Å². The maximum Gasteiger partial charge on any atom is 0.412 e. The van der Waals surface area contributed by atoms with E-state index in [0.29, 0.717) is 18.4 Å². The van der Waals surface area contributed by atoms with Gasteiger partial charge in [-0.1, -0.05) is 24.6 Å². The second-order valence-corrected chi connectivity index (χ2v) is 7.92. The highest BCUT2D eigenvalue weighted by atomic mass is 35.5. The van der Waals surface area contributed by atoms with E-state index in [1.807, 2.05) is 27.7 Å². The van der Waals surface area contributed by atoms with Gasteiger partial charge in [-0.3, -0.25) is 4.90 Å². The number of rotatable bonds is 5. The molecule has 5 nitrogen and oxygen atoms in total. The molecule has 0 aromatic carbocycles. The summed E-state index contributed by atoms with van der Waals surface area (Å²) in [4.78, 5) is 17.7. The summed E-state index contributed by atoms with van der Waals surface area (Å²) in [6, 6.07) is 3.23. The van der Waals surface area contributed by atoms with E-state index in [0.717, 1.165) is 6.42 Å². The highest BCUT2D eigenvalue weighted by Gasteiger charge is 2.49. The Kier molecular flexibility index (Phi) is 5.94. The minimum Gasteiger partial charge on any atom is -0.444 e. The Morgan fingerprint density at radius 1 is 1.44 bits per heavy atom. The van der Waals surface area contributed by atoms with Crippen LogP contribution in [0.5, 0.6) is 0 Å². The van der Waals surface area contributed by atoms with Crippen LogP contribution in [0.15, 0.2) is 12.1 Å². The summed E-state index contributed by atoms with van der Waals surface area (Å²) in [6.07, 6.45) is 1.59. The molecule has 1 saturated carbocycles. The number of methoxy groups -OCH3 is 1. The molecule has 0 aliphatic heterocycles. The number of hydrogen-bond acceptors (Lipinski definition) is 4. The molecule has 1 fully saturated rings. The van der Waals surface area contributed by atoms with Crippen molar-refractivity contribution in [1.82, 2.24) is 9.88 Å². The van der Waals surface area contributed by atoms with E-state index in [1.54, 1.807) is 17.0 Å². The minimum absolute atomic E-state index is 0.0650. The third-order valence-electron chi connectivity index (χ3n) is 4.65. The van der Waals surface area contributed by atoms with Gasteiger partial charge in [0.15, 0.2) is 0 Å². The number of amides is 1. The third kappa shape index (κ3) is 4.42. The van der Waals surface area contributed by atoms with Crippen molar-refractivity contribution in [3.63, 3.8) is 0 Å². The second-order valence-electron chi connectivity index (χ2n) is 7.54. The molecule has 0 saturated heterocycles. The first-order valence-corrected chi connectivity index (χ1v) is 8.81. The first-order chi connectivity index (χ1) is 11.6. The number of pyridine rings is 1. The van der Waals surface area contributed by atoms with Crippen LogP contribution in [-0.2, 0) is 14.9 Å². The molecule has 25 heavy (non-hydrogen) atoms. The summed E-state index contributed by atoms with van der Waals surface area (Å²) in [5.74, 6) is -0.539. The molecular weight excluding hydrogens is 347 g/mol. The van der Waals surface area contributed by atoms with E-state index in [1.165, 1.54) is 7.11 Å². The topological polar surface area (TPSA) is 51.7 Å². The Balaban J connectivity index is 2.16. The molecule has 1 amide bonds. The number of ether oxygens (including phenoxy) is 2. The summed E-state index contributed by atoms with van der Waals surface area (Å²) >= 11 is 5.76. The Labute approximate surface area is 153 Å². The van der Waals surface area contributed by atoms with Gasteiger partial charge in [-0.15, -0.1) is 0 Å². The number of carbonyl (C=O) groups excluding carboxylic acids is 1. The SMILES string of the molecule is CCC1(c2ccc(Cl)nc2F)CC(N(COC)C(=O)OC(C)(C)C)C1. The van der Waals surface area contributed by atoms with Gasteiger partial charge >= 0.3 is 6.09 Å². The van der Waals surface area contributed by atoms with E-state index in [-0.39, 0.29) is 23.3 Å². The molecule has 1 aromatic rings. The van der Waals surface area contributed by atoms with Crippen LogP contribution in [0.1, 0.15) is 52.5 Å². The van der Waals surface area contributed by atoms with Gasteiger partial charge < -0.3 is 9.47 Å². The van der Waals surface area contributed by atoms with Crippen molar-refractivity contribution in [3.8, 4) is 0 Å². The van der Waals surface area contributed by atoms with Crippen molar-refractivity contribution < 1.29 is 18.7 Å². The lowest BCUT2D eigenvalue weighted by atomic mass is 9.60. The van der Waals surface area contributed by atoms with Gasteiger partial charge in [0.2, 0.25) is 5.95 Å². The van der Waals surface area contributed by atoms with Crippen LogP contribution in [0.4, 0.5) is 9.18 Å². The van der Waals surface area contributed by atoms with Gasteiger partial charge in [-0.25, -0.2) is 9.78 Å². The number of carbonyl (C=O) groups is 1. The molecule has 1 heterocycles. The highest BCUT2D eigenvalue weighted by Crippen LogP contribution is 2.49. The van der Waals surface area contributed by atoms with Crippen LogP contribution in [0.2, 0.25) is 5.15 Å². The van der Waals surface area contributed by atoms with Crippen LogP contribution >= 0.6 is 11.6 Å². The fourth-order valence-electron chi connectivity index (χ4n) is 3.34. The van der Waals surface area contributed by atoms with Gasteiger partial charge in [0.1, 0.15) is 17.5 Å². The number of halogens is 2. The molecular formula is C18H26ClFN2O3. The molecule has 0 bridgehead atoms. The van der Waals surface area contributed by atoms with Crippen molar-refractivity contribution >= 4 is 17.7 Å². The van der Waals surface area contributed by atoms with Crippen LogP contribution in [0, 0.1) is 5.95 Å². The van der Waals surface area contributed by atoms with Crippen molar-refractivity contribution in [2.45, 2.75) is 64.0 Å². The smallest absolute Gasteiger partial charge is 0.412 e. The maximum atomic E-state index is 14.3. The van der Waals surface area contributed by atoms with Gasteiger partial charge in [-0.2, -0.15) is 4.39 Å². The Bertz CT molecular complexity index is 627. The quantitative estimate of drug-likeness (QED) is 0.563. The Morgan fingerprint density at radius 3 is 2.56 bits per heavy atom. The number of hydrogen-bond donors (Lipinski definition) is 0. The Hall–Kier alpha value is -1.40. The lowest BCUT2D eigenvalue weighted by Crippen LogP contribution is -2.56. The molecule has 0 atom stereocenters. The molecule has 0 radical (unpaired) electrons. The van der Waals surface area contributed by atoms with Crippen molar-refractivity contribution in [3.05, 3.63) is 28.8 Å². The largest absolute Gasteiger partial charge is 0.444 e. The van der Waals surface area contributed by atoms with Crippen LogP contribution in [0.25, 0.3) is 0 Å². The summed E-state index contributed by atoms with van der Waals surface area (Å²) < 4.78 is 24.9. The number of aromatic nitrogens is 1. The molecule has 1 aliphatic rings. The van der Waals surface area contributed by atoms with E-state index in [9.17, 15) is 9.18 Å². The van der Waals surface area contributed by atoms with Gasteiger partial charge in [0.05, 0.1) is 0 Å². The molecule has 0 N–H and O–H groups in total. The van der Waals surface area contributed by atoms with Crippen molar-refractivity contribution in [2.24, 2.45) is 0 Å². The normalized spacial score (nSPS) is 23.1. The fraction of sp³-hybridized carbons (Fsp3) is 0.667. The van der Waals surface area contributed by atoms with Crippen LogP contribution in [-0.4, -0.2) is 41.5 Å². The molecule has 7 heteroatoms. The summed E-state index contributed by atoms with van der Waals surface area (Å²) in [6.45, 7) is 7.62. The predicted octanol–water partition coefficient (Wildman–Crippen LogP) is 4.53. The molecule has 1 aromatic heterocycles. The molecule has 2 rings (SSSR count). The summed E-state index contributed by atoms with van der Waals surface area (Å²) in [7, 11) is 1.53. The van der Waals surface area contributed by atoms with Crippen molar-refractivity contribution in [1.29, 1.82) is 0 Å². The van der Waals surface area contributed by atoms with Crippen LogP contribution < -0.4 is 0 Å². The molecule has 0 spiro atoms. The maximum absolute atomic E-state index is 14.3. The molecule has 140 valence electrons. The first kappa shape index (κ1) is 19.9. The second kappa shape index (κ2) is 7.46. The summed E-state index contributed by atoms with van der Waals surface area (Å²) in [5, 5.41) is 0.137. The van der Waals surface area contributed by atoms with Gasteiger partial charge in [-0.05, 0) is 46.1 Å². The zero-order chi connectivity index (χ0) is 18.8. The number of nitrogens with zero attached hydrogens (tertiary/aromatic N) is 2. The third-order valence-corrected chi connectivity index (χ3v) is 4.86. The minimum atomic E-state index is -0.582. The fourth-order valence-corrected chi connectivity index (χ4v) is 3.47. The highest BCUT2D eigenvalue weighted by molar-refractivity contribution is 6.29. The standard InChI is InChI=1S/C18H26ClFN2O3/c1-6-18(13-7-8-14(19)21-15(13)20)9-12(10-18)22(11-24-5)16(23)25-17(2,3)4/h7-8,12H,6,9-11H2,1-5H3. The molecule has 1 aliphatic carbocycles. The Morgan fingerprint density at radius 2 is 2.08 bits per heavy atom. The zero-order valence-corrected chi connectivity index (χ0v) is 16.2. The summed E-state index contributed by atoms with van der Waals surface area (Å²) in [5.41, 5.74) is -0.376. The van der Waals surface area contributed by atoms with Gasteiger partial charge in [0.25, 0.3) is 0 Å². The van der Waals surface area contributed by atoms with E-state index in [2.05, 4.69) is 4.98 Å². The van der Waals surface area contributed by atoms with Crippen LogP contribution in [0.3, 0.4) is 0 Å². The lowest BCUT2D eigenvalue weighted by molar-refractivity contribution is -0.0458. The zero-order valence-electron chi connectivity index (χ0n) is 15.4. The van der Waals surface area contributed by atoms with E-state index < -0.39 is 17.6 Å².